The van der Waals surface area contributed by atoms with Gasteiger partial charge in [-0.2, -0.15) is 0 Å². The number of rotatable bonds is 7. The molecule has 0 aromatic carbocycles. The average Bonchev–Trinajstić information content (AvgIpc) is 2.11. The molecule has 0 radical (unpaired) electrons. The number of hydrogen-bond acceptors (Lipinski definition) is 4. The Morgan fingerprint density at radius 1 is 1.29 bits per heavy atom. The standard InChI is InChI=1S/C7H13ClN2O4/c8-10-5(7(13)14)3-1-2-4(9)6(11)12/h4-5,10H,1-3,9H2,(H,11,12)(H,13,14). The Morgan fingerprint density at radius 3 is 2.21 bits per heavy atom. The first-order valence-corrected chi connectivity index (χ1v) is 4.44. The maximum absolute atomic E-state index is 10.4. The second kappa shape index (κ2) is 6.58. The molecule has 0 spiro atoms. The minimum absolute atomic E-state index is 0.234. The van der Waals surface area contributed by atoms with E-state index in [9.17, 15) is 9.59 Å². The molecule has 5 N–H and O–H groups in total. The van der Waals surface area contributed by atoms with Gasteiger partial charge in [-0.15, -0.1) is 0 Å². The molecule has 14 heavy (non-hydrogen) atoms. The molecule has 0 aliphatic carbocycles. The number of carboxylic acids is 2. The summed E-state index contributed by atoms with van der Waals surface area (Å²) in [6.45, 7) is 0. The molecule has 0 rings (SSSR count). The molecule has 0 fully saturated rings. The third kappa shape index (κ3) is 5.00. The van der Waals surface area contributed by atoms with Crippen molar-refractivity contribution in [2.75, 3.05) is 0 Å². The molecule has 0 aromatic rings. The molecule has 6 nitrogen and oxygen atoms in total. The Morgan fingerprint density at radius 2 is 1.86 bits per heavy atom. The smallest absolute Gasteiger partial charge is 0.321 e. The van der Waals surface area contributed by atoms with E-state index in [2.05, 4.69) is 4.84 Å². The summed E-state index contributed by atoms with van der Waals surface area (Å²) < 4.78 is 0. The fourth-order valence-corrected chi connectivity index (χ4v) is 1.09. The van der Waals surface area contributed by atoms with Crippen LogP contribution in [-0.2, 0) is 9.59 Å². The first-order valence-electron chi connectivity index (χ1n) is 4.06. The fraction of sp³-hybridized carbons (Fsp3) is 0.714. The van der Waals surface area contributed by atoms with Gasteiger partial charge >= 0.3 is 11.9 Å². The molecule has 0 aromatic heterocycles. The lowest BCUT2D eigenvalue weighted by atomic mass is 10.1. The second-order valence-corrected chi connectivity index (χ2v) is 3.09. The van der Waals surface area contributed by atoms with Crippen LogP contribution in [0.3, 0.4) is 0 Å². The largest absolute Gasteiger partial charge is 0.480 e. The molecule has 0 aliphatic rings. The number of carboxylic acid groups (broad SMARTS) is 2. The Bertz CT molecular complexity index is 212. The molecule has 0 amide bonds. The fourth-order valence-electron chi connectivity index (χ4n) is 0.890. The van der Waals surface area contributed by atoms with Gasteiger partial charge in [-0.1, -0.05) is 0 Å². The van der Waals surface area contributed by atoms with Crippen LogP contribution in [0.5, 0.6) is 0 Å². The summed E-state index contributed by atoms with van der Waals surface area (Å²) in [5.74, 6) is -2.15. The first-order chi connectivity index (χ1) is 6.49. The van der Waals surface area contributed by atoms with E-state index < -0.39 is 24.0 Å². The molecule has 2 unspecified atom stereocenters. The number of nitrogens with one attached hydrogen (secondary N) is 1. The Hall–Kier alpha value is -0.850. The van der Waals surface area contributed by atoms with Gasteiger partial charge in [-0.25, -0.2) is 4.84 Å². The normalized spacial score (nSPS) is 14.7. The van der Waals surface area contributed by atoms with Gasteiger partial charge in [0.1, 0.15) is 12.1 Å². The van der Waals surface area contributed by atoms with Crippen LogP contribution in [0.25, 0.3) is 0 Å². The first kappa shape index (κ1) is 13.2. The summed E-state index contributed by atoms with van der Waals surface area (Å²) >= 11 is 5.16. The quantitative estimate of drug-likeness (QED) is 0.444. The molecule has 0 saturated carbocycles. The van der Waals surface area contributed by atoms with Crippen molar-refractivity contribution in [1.29, 1.82) is 0 Å². The number of hydrogen-bond donors (Lipinski definition) is 4. The minimum atomic E-state index is -1.09. The van der Waals surface area contributed by atoms with Crippen LogP contribution in [0.4, 0.5) is 0 Å². The summed E-state index contributed by atoms with van der Waals surface area (Å²) in [7, 11) is 0. The summed E-state index contributed by atoms with van der Waals surface area (Å²) in [5, 5.41) is 17.0. The lowest BCUT2D eigenvalue weighted by Crippen LogP contribution is -2.33. The summed E-state index contributed by atoms with van der Waals surface area (Å²) in [5.41, 5.74) is 5.22. The van der Waals surface area contributed by atoms with Gasteiger partial charge in [0.25, 0.3) is 0 Å². The Kier molecular flexibility index (Phi) is 6.18. The van der Waals surface area contributed by atoms with E-state index in [1.165, 1.54) is 0 Å². The van der Waals surface area contributed by atoms with E-state index in [1.807, 2.05) is 0 Å². The van der Waals surface area contributed by atoms with Gasteiger partial charge in [0.15, 0.2) is 0 Å². The zero-order chi connectivity index (χ0) is 11.1. The molecule has 0 heterocycles. The maximum Gasteiger partial charge on any atom is 0.321 e. The predicted molar refractivity (Wildman–Crippen MR) is 49.9 cm³/mol. The van der Waals surface area contributed by atoms with E-state index in [0.717, 1.165) is 0 Å². The molecule has 2 atom stereocenters. The van der Waals surface area contributed by atoms with Crippen LogP contribution in [0, 0.1) is 0 Å². The third-order valence-electron chi connectivity index (χ3n) is 1.75. The van der Waals surface area contributed by atoms with Crippen LogP contribution in [0.2, 0.25) is 0 Å². The van der Waals surface area contributed by atoms with E-state index in [-0.39, 0.29) is 12.8 Å². The maximum atomic E-state index is 10.4. The van der Waals surface area contributed by atoms with E-state index in [0.29, 0.717) is 6.42 Å². The average molecular weight is 225 g/mol. The highest BCUT2D eigenvalue weighted by Crippen LogP contribution is 2.04. The predicted octanol–water partition coefficient (Wildman–Crippen LogP) is -0.235. The van der Waals surface area contributed by atoms with Crippen molar-refractivity contribution in [3.8, 4) is 0 Å². The van der Waals surface area contributed by atoms with Crippen molar-refractivity contribution in [1.82, 2.24) is 4.84 Å². The van der Waals surface area contributed by atoms with Crippen LogP contribution in [0.1, 0.15) is 19.3 Å². The number of halogens is 1. The van der Waals surface area contributed by atoms with Crippen LogP contribution in [0.15, 0.2) is 0 Å². The Balaban J connectivity index is 3.71. The Labute approximate surface area is 86.1 Å². The van der Waals surface area contributed by atoms with Gasteiger partial charge in [0.2, 0.25) is 0 Å². The summed E-state index contributed by atoms with van der Waals surface area (Å²) in [6, 6.07) is -1.81. The highest BCUT2D eigenvalue weighted by atomic mass is 35.5. The van der Waals surface area contributed by atoms with Crippen molar-refractivity contribution >= 4 is 23.7 Å². The number of carbonyl (C=O) groups is 2. The summed E-state index contributed by atoms with van der Waals surface area (Å²) in [4.78, 5) is 22.8. The van der Waals surface area contributed by atoms with E-state index in [1.54, 1.807) is 0 Å². The van der Waals surface area contributed by atoms with Crippen molar-refractivity contribution < 1.29 is 19.8 Å². The van der Waals surface area contributed by atoms with Gasteiger partial charge in [0.05, 0.1) is 0 Å². The molecule has 0 saturated heterocycles. The zero-order valence-electron chi connectivity index (χ0n) is 7.44. The van der Waals surface area contributed by atoms with Gasteiger partial charge in [-0.3, -0.25) is 9.59 Å². The highest BCUT2D eigenvalue weighted by Gasteiger charge is 2.17. The van der Waals surface area contributed by atoms with Crippen molar-refractivity contribution in [3.05, 3.63) is 0 Å². The highest BCUT2D eigenvalue weighted by molar-refractivity contribution is 6.14. The van der Waals surface area contributed by atoms with E-state index in [4.69, 9.17) is 27.7 Å². The SMILES string of the molecule is NC(CCCC(NCl)C(=O)O)C(=O)O. The van der Waals surface area contributed by atoms with Crippen molar-refractivity contribution in [2.24, 2.45) is 5.73 Å². The molecule has 0 bridgehead atoms. The molecule has 7 heteroatoms. The number of nitrogens with two attached hydrogens (primary N) is 1. The molecule has 82 valence electrons. The van der Waals surface area contributed by atoms with Gasteiger partial charge in [-0.05, 0) is 31.0 Å². The van der Waals surface area contributed by atoms with E-state index >= 15 is 0 Å². The van der Waals surface area contributed by atoms with Crippen LogP contribution >= 0.6 is 11.8 Å². The van der Waals surface area contributed by atoms with Crippen molar-refractivity contribution in [3.63, 3.8) is 0 Å². The minimum Gasteiger partial charge on any atom is -0.480 e. The number of aliphatic carboxylic acids is 2. The molecular weight excluding hydrogens is 212 g/mol. The van der Waals surface area contributed by atoms with Gasteiger partial charge < -0.3 is 15.9 Å². The molecular formula is C7H13ClN2O4. The van der Waals surface area contributed by atoms with Crippen molar-refractivity contribution in [2.45, 2.75) is 31.3 Å². The van der Waals surface area contributed by atoms with Gasteiger partial charge in [0, 0.05) is 0 Å². The zero-order valence-corrected chi connectivity index (χ0v) is 8.20. The lowest BCUT2D eigenvalue weighted by Gasteiger charge is -2.10. The second-order valence-electron chi connectivity index (χ2n) is 2.88. The topological polar surface area (TPSA) is 113 Å². The lowest BCUT2D eigenvalue weighted by molar-refractivity contribution is -0.139. The summed E-state index contributed by atoms with van der Waals surface area (Å²) in [6.07, 6.45) is 0.877. The monoisotopic (exact) mass is 224 g/mol. The molecule has 0 aliphatic heterocycles. The third-order valence-corrected chi connectivity index (χ3v) is 2.02. The van der Waals surface area contributed by atoms with Crippen LogP contribution in [-0.4, -0.2) is 34.2 Å². The van der Waals surface area contributed by atoms with Crippen LogP contribution < -0.4 is 10.6 Å².